The molecule has 7 nitrogen and oxygen atoms in total. The normalized spacial score (nSPS) is 22.7. The standard InChI is InChI=1S/C15H24N2O5S/c1-10-9-17(11(2)8-16-10)23(18,19)15-13(21-4)6-12(20-3)7-14(15)22-5/h6-7,10-11,16H,8-9H2,1-5H3. The van der Waals surface area contributed by atoms with Crippen LogP contribution in [0.3, 0.4) is 0 Å². The second-order valence-electron chi connectivity index (χ2n) is 5.59. The minimum atomic E-state index is -3.77. The van der Waals surface area contributed by atoms with E-state index in [-0.39, 0.29) is 28.5 Å². The van der Waals surface area contributed by atoms with Gasteiger partial charge in [0, 0.05) is 37.3 Å². The van der Waals surface area contributed by atoms with E-state index in [2.05, 4.69) is 5.32 Å². The van der Waals surface area contributed by atoms with Crippen LogP contribution in [0.25, 0.3) is 0 Å². The molecule has 0 radical (unpaired) electrons. The number of benzene rings is 1. The first kappa shape index (κ1) is 17.8. The van der Waals surface area contributed by atoms with Crippen LogP contribution in [0.1, 0.15) is 13.8 Å². The molecule has 1 aromatic carbocycles. The largest absolute Gasteiger partial charge is 0.496 e. The van der Waals surface area contributed by atoms with Crippen molar-refractivity contribution in [1.29, 1.82) is 0 Å². The van der Waals surface area contributed by atoms with E-state index in [1.54, 1.807) is 12.1 Å². The van der Waals surface area contributed by atoms with E-state index >= 15 is 0 Å². The van der Waals surface area contributed by atoms with Gasteiger partial charge in [-0.15, -0.1) is 0 Å². The predicted molar refractivity (Wildman–Crippen MR) is 86.9 cm³/mol. The minimum absolute atomic E-state index is 0.0317. The third-order valence-electron chi connectivity index (χ3n) is 3.94. The van der Waals surface area contributed by atoms with Gasteiger partial charge in [-0.05, 0) is 13.8 Å². The molecule has 0 bridgehead atoms. The van der Waals surface area contributed by atoms with Gasteiger partial charge < -0.3 is 19.5 Å². The van der Waals surface area contributed by atoms with Crippen LogP contribution < -0.4 is 19.5 Å². The maximum Gasteiger partial charge on any atom is 0.250 e. The summed E-state index contributed by atoms with van der Waals surface area (Å²) in [5, 5.41) is 3.27. The highest BCUT2D eigenvalue weighted by molar-refractivity contribution is 7.89. The van der Waals surface area contributed by atoms with Gasteiger partial charge in [0.05, 0.1) is 21.3 Å². The highest BCUT2D eigenvalue weighted by Crippen LogP contribution is 2.39. The molecular weight excluding hydrogens is 320 g/mol. The fraction of sp³-hybridized carbons (Fsp3) is 0.600. The number of rotatable bonds is 5. The molecule has 1 heterocycles. The number of nitrogens with one attached hydrogen (secondary N) is 1. The summed E-state index contributed by atoms with van der Waals surface area (Å²) in [5.41, 5.74) is 0. The zero-order valence-electron chi connectivity index (χ0n) is 14.1. The van der Waals surface area contributed by atoms with Crippen LogP contribution in [-0.4, -0.2) is 59.2 Å². The van der Waals surface area contributed by atoms with Crippen molar-refractivity contribution in [3.05, 3.63) is 12.1 Å². The van der Waals surface area contributed by atoms with E-state index in [0.29, 0.717) is 18.8 Å². The molecule has 1 saturated heterocycles. The van der Waals surface area contributed by atoms with Crippen LogP contribution in [0.15, 0.2) is 17.0 Å². The molecule has 0 amide bonds. The van der Waals surface area contributed by atoms with E-state index in [0.717, 1.165) is 0 Å². The quantitative estimate of drug-likeness (QED) is 0.861. The van der Waals surface area contributed by atoms with Gasteiger partial charge in [0.15, 0.2) is 4.90 Å². The Labute approximate surface area is 137 Å². The summed E-state index contributed by atoms with van der Waals surface area (Å²) in [6, 6.07) is 3.01. The number of hydrogen-bond acceptors (Lipinski definition) is 6. The predicted octanol–water partition coefficient (Wildman–Crippen LogP) is 1.08. The zero-order valence-corrected chi connectivity index (χ0v) is 14.9. The molecule has 1 aromatic rings. The van der Waals surface area contributed by atoms with E-state index in [1.807, 2.05) is 13.8 Å². The molecule has 1 fully saturated rings. The topological polar surface area (TPSA) is 77.1 Å². The Bertz CT molecular complexity index is 637. The van der Waals surface area contributed by atoms with E-state index in [4.69, 9.17) is 14.2 Å². The van der Waals surface area contributed by atoms with Gasteiger partial charge in [0.2, 0.25) is 0 Å². The highest BCUT2D eigenvalue weighted by Gasteiger charge is 2.37. The molecule has 0 spiro atoms. The maximum absolute atomic E-state index is 13.2. The molecule has 1 aliphatic heterocycles. The van der Waals surface area contributed by atoms with Crippen LogP contribution in [0.2, 0.25) is 0 Å². The molecule has 0 aromatic heterocycles. The van der Waals surface area contributed by atoms with E-state index in [1.165, 1.54) is 25.6 Å². The van der Waals surface area contributed by atoms with Crippen LogP contribution in [0.5, 0.6) is 17.2 Å². The van der Waals surface area contributed by atoms with Crippen molar-refractivity contribution in [2.24, 2.45) is 0 Å². The summed E-state index contributed by atoms with van der Waals surface area (Å²) < 4.78 is 43.6. The second kappa shape index (κ2) is 6.94. The molecule has 2 unspecified atom stereocenters. The third-order valence-corrected chi connectivity index (χ3v) is 5.99. The van der Waals surface area contributed by atoms with Gasteiger partial charge in [0.25, 0.3) is 10.0 Å². The van der Waals surface area contributed by atoms with Gasteiger partial charge in [-0.3, -0.25) is 0 Å². The van der Waals surface area contributed by atoms with Crippen molar-refractivity contribution in [3.8, 4) is 17.2 Å². The molecular formula is C15H24N2O5S. The first-order valence-electron chi connectivity index (χ1n) is 7.40. The van der Waals surface area contributed by atoms with Crippen molar-refractivity contribution in [2.75, 3.05) is 34.4 Å². The lowest BCUT2D eigenvalue weighted by Crippen LogP contribution is -2.56. The summed E-state index contributed by atoms with van der Waals surface area (Å²) >= 11 is 0. The van der Waals surface area contributed by atoms with E-state index < -0.39 is 10.0 Å². The highest BCUT2D eigenvalue weighted by atomic mass is 32.2. The Morgan fingerprint density at radius 3 is 2.13 bits per heavy atom. The SMILES string of the molecule is COc1cc(OC)c(S(=O)(=O)N2CC(C)NCC2C)c(OC)c1. The van der Waals surface area contributed by atoms with Crippen LogP contribution in [-0.2, 0) is 10.0 Å². The van der Waals surface area contributed by atoms with Crippen molar-refractivity contribution >= 4 is 10.0 Å². The lowest BCUT2D eigenvalue weighted by atomic mass is 10.2. The molecule has 0 aliphatic carbocycles. The fourth-order valence-corrected chi connectivity index (χ4v) is 4.66. The zero-order chi connectivity index (χ0) is 17.2. The summed E-state index contributed by atoms with van der Waals surface area (Å²) in [5.74, 6) is 0.888. The summed E-state index contributed by atoms with van der Waals surface area (Å²) in [4.78, 5) is 0.0317. The van der Waals surface area contributed by atoms with E-state index in [9.17, 15) is 8.42 Å². The lowest BCUT2D eigenvalue weighted by molar-refractivity contribution is 0.243. The Morgan fingerprint density at radius 1 is 1.09 bits per heavy atom. The second-order valence-corrected chi connectivity index (χ2v) is 7.42. The van der Waals surface area contributed by atoms with Crippen molar-refractivity contribution in [1.82, 2.24) is 9.62 Å². The van der Waals surface area contributed by atoms with Crippen molar-refractivity contribution < 1.29 is 22.6 Å². The average Bonchev–Trinajstić information content (AvgIpc) is 2.55. The Balaban J connectivity index is 2.58. The van der Waals surface area contributed by atoms with Gasteiger partial charge in [-0.2, -0.15) is 4.31 Å². The Hall–Kier alpha value is -1.51. The lowest BCUT2D eigenvalue weighted by Gasteiger charge is -2.36. The van der Waals surface area contributed by atoms with Crippen LogP contribution >= 0.6 is 0 Å². The summed E-state index contributed by atoms with van der Waals surface area (Å²) in [7, 11) is 0.591. The first-order valence-corrected chi connectivity index (χ1v) is 8.84. The molecule has 8 heteroatoms. The number of piperazine rings is 1. The van der Waals surface area contributed by atoms with Gasteiger partial charge in [-0.25, -0.2) is 8.42 Å². The van der Waals surface area contributed by atoms with Crippen molar-refractivity contribution in [3.63, 3.8) is 0 Å². The van der Waals surface area contributed by atoms with Crippen LogP contribution in [0, 0.1) is 0 Å². The number of ether oxygens (including phenoxy) is 3. The Kier molecular flexibility index (Phi) is 5.38. The minimum Gasteiger partial charge on any atom is -0.496 e. The molecule has 2 rings (SSSR count). The van der Waals surface area contributed by atoms with Gasteiger partial charge in [0.1, 0.15) is 17.2 Å². The molecule has 23 heavy (non-hydrogen) atoms. The molecule has 2 atom stereocenters. The number of methoxy groups -OCH3 is 3. The molecule has 1 aliphatic rings. The number of sulfonamides is 1. The Morgan fingerprint density at radius 2 is 1.65 bits per heavy atom. The van der Waals surface area contributed by atoms with Gasteiger partial charge in [-0.1, -0.05) is 0 Å². The van der Waals surface area contributed by atoms with Gasteiger partial charge >= 0.3 is 0 Å². The molecule has 130 valence electrons. The number of nitrogens with zero attached hydrogens (tertiary/aromatic N) is 1. The fourth-order valence-electron chi connectivity index (χ4n) is 2.67. The average molecular weight is 344 g/mol. The monoisotopic (exact) mass is 344 g/mol. The van der Waals surface area contributed by atoms with Crippen LogP contribution in [0.4, 0.5) is 0 Å². The molecule has 1 N–H and O–H groups in total. The number of hydrogen-bond donors (Lipinski definition) is 1. The maximum atomic E-state index is 13.2. The summed E-state index contributed by atoms with van der Waals surface area (Å²) in [6.45, 7) is 4.82. The third kappa shape index (κ3) is 3.39. The first-order chi connectivity index (χ1) is 10.8. The molecule has 0 saturated carbocycles. The summed E-state index contributed by atoms with van der Waals surface area (Å²) in [6.07, 6.45) is 0. The smallest absolute Gasteiger partial charge is 0.250 e. The van der Waals surface area contributed by atoms with Crippen molar-refractivity contribution in [2.45, 2.75) is 30.8 Å².